The van der Waals surface area contributed by atoms with E-state index in [1.54, 1.807) is 6.08 Å². The molecular weight excluding hydrogens is 196 g/mol. The molecule has 4 nitrogen and oxygen atoms in total. The summed E-state index contributed by atoms with van der Waals surface area (Å²) in [7, 11) is 0. The van der Waals surface area contributed by atoms with E-state index in [9.17, 15) is 14.7 Å². The molecule has 2 N–H and O–H groups in total. The predicted octanol–water partition coefficient (Wildman–Crippen LogP) is 1.29. The second kappa shape index (κ2) is 2.95. The fourth-order valence-electron chi connectivity index (χ4n) is 2.55. The Labute approximate surface area is 86.9 Å². The van der Waals surface area contributed by atoms with Crippen LogP contribution in [0.2, 0.25) is 0 Å². The van der Waals surface area contributed by atoms with Crippen LogP contribution in [-0.2, 0) is 9.59 Å². The molecule has 1 saturated carbocycles. The van der Waals surface area contributed by atoms with Crippen LogP contribution in [0, 0.1) is 17.3 Å². The number of carboxylic acid groups (broad SMARTS) is 2. The number of hydrogen-bond donors (Lipinski definition) is 2. The summed E-state index contributed by atoms with van der Waals surface area (Å²) < 4.78 is 0. The van der Waals surface area contributed by atoms with Crippen LogP contribution in [0.15, 0.2) is 23.8 Å². The molecule has 0 heterocycles. The van der Waals surface area contributed by atoms with Gasteiger partial charge in [-0.05, 0) is 18.3 Å². The standard InChI is InChI=1S/C11H12O4/c1-6-4-8-5-7(9(12)13)2-3-11(6,8)10(14)15/h2-3,5-6,8H,4H2,1H3,(H,12,13)(H,14,15). The van der Waals surface area contributed by atoms with Crippen molar-refractivity contribution in [1.29, 1.82) is 0 Å². The van der Waals surface area contributed by atoms with E-state index in [1.807, 2.05) is 6.92 Å². The quantitative estimate of drug-likeness (QED) is 0.717. The summed E-state index contributed by atoms with van der Waals surface area (Å²) in [5.41, 5.74) is -0.664. The van der Waals surface area contributed by atoms with Crippen LogP contribution in [0.3, 0.4) is 0 Å². The molecule has 0 amide bonds. The van der Waals surface area contributed by atoms with Crippen molar-refractivity contribution in [2.24, 2.45) is 17.3 Å². The third kappa shape index (κ3) is 1.14. The van der Waals surface area contributed by atoms with Gasteiger partial charge >= 0.3 is 11.9 Å². The van der Waals surface area contributed by atoms with Gasteiger partial charge in [0.15, 0.2) is 0 Å². The average molecular weight is 208 g/mol. The van der Waals surface area contributed by atoms with Gasteiger partial charge in [0.05, 0.1) is 11.0 Å². The third-order valence-electron chi connectivity index (χ3n) is 3.57. The van der Waals surface area contributed by atoms with E-state index in [-0.39, 0.29) is 17.4 Å². The molecule has 4 heteroatoms. The SMILES string of the molecule is CC1CC2C=C(C(=O)O)C=CC12C(=O)O. The lowest BCUT2D eigenvalue weighted by Crippen LogP contribution is -2.52. The topological polar surface area (TPSA) is 74.6 Å². The van der Waals surface area contributed by atoms with E-state index in [0.717, 1.165) is 6.42 Å². The van der Waals surface area contributed by atoms with Crippen LogP contribution in [-0.4, -0.2) is 22.2 Å². The summed E-state index contributed by atoms with van der Waals surface area (Å²) in [6.07, 6.45) is 5.25. The number of hydrogen-bond acceptors (Lipinski definition) is 2. The molecule has 0 aliphatic heterocycles. The predicted molar refractivity (Wildman–Crippen MR) is 52.2 cm³/mol. The van der Waals surface area contributed by atoms with Crippen molar-refractivity contribution in [3.8, 4) is 0 Å². The number of fused-ring (bicyclic) bond motifs is 1. The Bertz CT molecular complexity index is 393. The zero-order valence-corrected chi connectivity index (χ0v) is 8.30. The second-order valence-electron chi connectivity index (χ2n) is 4.24. The fourth-order valence-corrected chi connectivity index (χ4v) is 2.55. The Morgan fingerprint density at radius 3 is 2.53 bits per heavy atom. The second-order valence-corrected chi connectivity index (χ2v) is 4.24. The van der Waals surface area contributed by atoms with Crippen LogP contribution < -0.4 is 0 Å². The molecular formula is C11H12O4. The molecule has 0 bridgehead atoms. The molecule has 0 aromatic carbocycles. The number of rotatable bonds is 2. The molecule has 1 fully saturated rings. The third-order valence-corrected chi connectivity index (χ3v) is 3.57. The molecule has 3 unspecified atom stereocenters. The summed E-state index contributed by atoms with van der Waals surface area (Å²) in [6.45, 7) is 1.88. The Balaban J connectivity index is 2.35. The van der Waals surface area contributed by atoms with Gasteiger partial charge in [-0.1, -0.05) is 25.2 Å². The van der Waals surface area contributed by atoms with E-state index in [4.69, 9.17) is 5.11 Å². The first-order chi connectivity index (χ1) is 6.98. The monoisotopic (exact) mass is 208 g/mol. The molecule has 2 aliphatic carbocycles. The molecule has 80 valence electrons. The van der Waals surface area contributed by atoms with Crippen molar-refractivity contribution < 1.29 is 19.8 Å². The van der Waals surface area contributed by atoms with Gasteiger partial charge in [0.25, 0.3) is 0 Å². The summed E-state index contributed by atoms with van der Waals surface area (Å²) in [5, 5.41) is 18.0. The van der Waals surface area contributed by atoms with E-state index >= 15 is 0 Å². The summed E-state index contributed by atoms with van der Waals surface area (Å²) in [5.74, 6) is -1.95. The van der Waals surface area contributed by atoms with Gasteiger partial charge in [-0.3, -0.25) is 4.79 Å². The maximum absolute atomic E-state index is 11.2. The summed E-state index contributed by atoms with van der Waals surface area (Å²) in [4.78, 5) is 21.9. The normalized spacial score (nSPS) is 37.5. The van der Waals surface area contributed by atoms with Gasteiger partial charge in [0, 0.05) is 0 Å². The Kier molecular flexibility index (Phi) is 1.96. The van der Waals surface area contributed by atoms with E-state index < -0.39 is 17.4 Å². The van der Waals surface area contributed by atoms with Gasteiger partial charge < -0.3 is 10.2 Å². The highest BCUT2D eigenvalue weighted by Crippen LogP contribution is 2.55. The first kappa shape index (κ1) is 9.96. The Morgan fingerprint density at radius 2 is 2.13 bits per heavy atom. The number of carboxylic acids is 2. The van der Waals surface area contributed by atoms with Gasteiger partial charge in [-0.15, -0.1) is 0 Å². The first-order valence-electron chi connectivity index (χ1n) is 4.86. The molecule has 2 rings (SSSR count). The number of aliphatic carboxylic acids is 2. The van der Waals surface area contributed by atoms with Crippen LogP contribution in [0.5, 0.6) is 0 Å². The zero-order valence-electron chi connectivity index (χ0n) is 8.30. The fraction of sp³-hybridized carbons (Fsp3) is 0.455. The van der Waals surface area contributed by atoms with Crippen molar-refractivity contribution in [3.63, 3.8) is 0 Å². The van der Waals surface area contributed by atoms with Crippen molar-refractivity contribution in [1.82, 2.24) is 0 Å². The highest BCUT2D eigenvalue weighted by Gasteiger charge is 2.57. The highest BCUT2D eigenvalue weighted by molar-refractivity contribution is 5.92. The largest absolute Gasteiger partial charge is 0.481 e. The Hall–Kier alpha value is -1.58. The maximum atomic E-state index is 11.2. The van der Waals surface area contributed by atoms with Gasteiger partial charge in [-0.25, -0.2) is 4.79 Å². The van der Waals surface area contributed by atoms with Crippen molar-refractivity contribution in [2.45, 2.75) is 13.3 Å². The minimum Gasteiger partial charge on any atom is -0.481 e. The lowest BCUT2D eigenvalue weighted by Gasteiger charge is -2.50. The highest BCUT2D eigenvalue weighted by atomic mass is 16.4. The van der Waals surface area contributed by atoms with Crippen molar-refractivity contribution >= 4 is 11.9 Å². The lowest BCUT2D eigenvalue weighted by atomic mass is 9.51. The van der Waals surface area contributed by atoms with E-state index in [2.05, 4.69) is 0 Å². The molecule has 0 saturated heterocycles. The van der Waals surface area contributed by atoms with Crippen LogP contribution in [0.25, 0.3) is 0 Å². The summed E-state index contributed by atoms with van der Waals surface area (Å²) in [6, 6.07) is 0. The smallest absolute Gasteiger partial charge is 0.335 e. The lowest BCUT2D eigenvalue weighted by molar-refractivity contribution is -0.159. The average Bonchev–Trinajstić information content (AvgIpc) is 2.14. The van der Waals surface area contributed by atoms with E-state index in [1.165, 1.54) is 12.2 Å². The molecule has 0 aromatic rings. The van der Waals surface area contributed by atoms with Gasteiger partial charge in [0.2, 0.25) is 0 Å². The van der Waals surface area contributed by atoms with Gasteiger partial charge in [0.1, 0.15) is 0 Å². The number of allylic oxidation sites excluding steroid dienone is 1. The first-order valence-corrected chi connectivity index (χ1v) is 4.86. The molecule has 0 radical (unpaired) electrons. The minimum atomic E-state index is -0.996. The molecule has 0 aromatic heterocycles. The van der Waals surface area contributed by atoms with Crippen LogP contribution >= 0.6 is 0 Å². The van der Waals surface area contributed by atoms with Crippen LogP contribution in [0.1, 0.15) is 13.3 Å². The summed E-state index contributed by atoms with van der Waals surface area (Å²) >= 11 is 0. The zero-order chi connectivity index (χ0) is 11.2. The molecule has 15 heavy (non-hydrogen) atoms. The molecule has 2 aliphatic rings. The Morgan fingerprint density at radius 1 is 1.47 bits per heavy atom. The molecule has 0 spiro atoms. The maximum Gasteiger partial charge on any atom is 0.335 e. The van der Waals surface area contributed by atoms with E-state index in [0.29, 0.717) is 0 Å². The van der Waals surface area contributed by atoms with Gasteiger partial charge in [-0.2, -0.15) is 0 Å². The van der Waals surface area contributed by atoms with Crippen LogP contribution in [0.4, 0.5) is 0 Å². The van der Waals surface area contributed by atoms with Crippen molar-refractivity contribution in [2.75, 3.05) is 0 Å². The molecule has 3 atom stereocenters. The minimum absolute atomic E-state index is 0.0721. The van der Waals surface area contributed by atoms with Crippen molar-refractivity contribution in [3.05, 3.63) is 23.8 Å². The number of carbonyl (C=O) groups is 2.